The van der Waals surface area contributed by atoms with Gasteiger partial charge in [0.2, 0.25) is 12.1 Å². The van der Waals surface area contributed by atoms with E-state index in [0.29, 0.717) is 34.2 Å². The molecule has 11 nitrogen and oxygen atoms in total. The van der Waals surface area contributed by atoms with Gasteiger partial charge in [0.15, 0.2) is 0 Å². The molecule has 0 fully saturated rings. The largest absolute Gasteiger partial charge is 0.481 e. The Morgan fingerprint density at radius 1 is 0.952 bits per heavy atom. The minimum absolute atomic E-state index is 0.103. The Bertz CT molecular complexity index is 1720. The number of benzene rings is 3. The third kappa shape index (κ3) is 5.89. The second-order valence-electron chi connectivity index (χ2n) is 9.45. The Balaban J connectivity index is 1.55. The van der Waals surface area contributed by atoms with Crippen LogP contribution in [0.25, 0.3) is 10.8 Å². The number of nitrogens with zero attached hydrogens (tertiary/aromatic N) is 3. The highest BCUT2D eigenvalue weighted by atomic mass is 16.4. The van der Waals surface area contributed by atoms with E-state index < -0.39 is 48.9 Å². The Morgan fingerprint density at radius 3 is 2.43 bits per heavy atom. The van der Waals surface area contributed by atoms with Crippen LogP contribution in [-0.4, -0.2) is 64.5 Å². The number of rotatable bonds is 9. The number of carboxylic acid groups (broad SMARTS) is 1. The molecular weight excluding hydrogens is 538 g/mol. The predicted molar refractivity (Wildman–Crippen MR) is 154 cm³/mol. The van der Waals surface area contributed by atoms with Crippen molar-refractivity contribution in [2.75, 3.05) is 11.4 Å². The summed E-state index contributed by atoms with van der Waals surface area (Å²) in [7, 11) is 0. The van der Waals surface area contributed by atoms with Gasteiger partial charge in [0.05, 0.1) is 23.9 Å². The van der Waals surface area contributed by atoms with Gasteiger partial charge >= 0.3 is 5.97 Å². The molecule has 3 aromatic carbocycles. The lowest BCUT2D eigenvalue weighted by molar-refractivity contribution is -0.138. The number of benzodiazepines with no additional fused rings is 1. The molecule has 0 radical (unpaired) electrons. The first-order chi connectivity index (χ1) is 20.4. The zero-order valence-electron chi connectivity index (χ0n) is 22.1. The maximum atomic E-state index is 14.0. The van der Waals surface area contributed by atoms with E-state index in [2.05, 4.69) is 20.6 Å². The van der Waals surface area contributed by atoms with E-state index in [4.69, 9.17) is 5.11 Å². The van der Waals surface area contributed by atoms with Gasteiger partial charge in [-0.05, 0) is 17.5 Å². The van der Waals surface area contributed by atoms with Crippen LogP contribution in [0.1, 0.15) is 28.0 Å². The molecule has 11 heteroatoms. The van der Waals surface area contributed by atoms with Crippen LogP contribution in [0.5, 0.6) is 0 Å². The normalized spacial score (nSPS) is 15.1. The number of nitrogens with one attached hydrogen (secondary N) is 2. The van der Waals surface area contributed by atoms with Gasteiger partial charge in [0.1, 0.15) is 18.5 Å². The third-order valence-corrected chi connectivity index (χ3v) is 6.62. The van der Waals surface area contributed by atoms with Gasteiger partial charge in [-0.3, -0.25) is 29.1 Å². The van der Waals surface area contributed by atoms with Gasteiger partial charge in [0.25, 0.3) is 11.8 Å². The number of amides is 3. The highest BCUT2D eigenvalue weighted by Gasteiger charge is 2.35. The number of pyridine rings is 1. The maximum Gasteiger partial charge on any atom is 0.305 e. The van der Waals surface area contributed by atoms with Gasteiger partial charge in [-0.25, -0.2) is 4.99 Å². The smallest absolute Gasteiger partial charge is 0.305 e. The van der Waals surface area contributed by atoms with Crippen LogP contribution in [0.3, 0.4) is 0 Å². The Kier molecular flexibility index (Phi) is 8.10. The van der Waals surface area contributed by atoms with Crippen LogP contribution < -0.4 is 15.5 Å². The molecule has 1 unspecified atom stereocenters. The molecule has 1 aliphatic rings. The van der Waals surface area contributed by atoms with Crippen molar-refractivity contribution in [2.45, 2.75) is 18.6 Å². The topological polar surface area (TPSA) is 158 Å². The quantitative estimate of drug-likeness (QED) is 0.264. The predicted octanol–water partition coefficient (Wildman–Crippen LogP) is 2.33. The molecule has 1 aliphatic heterocycles. The molecule has 0 saturated carbocycles. The molecule has 42 heavy (non-hydrogen) atoms. The molecule has 2 atom stereocenters. The lowest BCUT2D eigenvalue weighted by Crippen LogP contribution is -2.51. The van der Waals surface area contributed by atoms with Crippen molar-refractivity contribution in [1.82, 2.24) is 15.6 Å². The van der Waals surface area contributed by atoms with E-state index in [1.807, 2.05) is 42.5 Å². The summed E-state index contributed by atoms with van der Waals surface area (Å²) in [5.41, 5.74) is 2.07. The molecule has 0 saturated heterocycles. The van der Waals surface area contributed by atoms with Gasteiger partial charge in [-0.2, -0.15) is 0 Å². The van der Waals surface area contributed by atoms with Gasteiger partial charge < -0.3 is 20.5 Å². The van der Waals surface area contributed by atoms with Gasteiger partial charge in [-0.1, -0.05) is 72.8 Å². The molecule has 0 aliphatic carbocycles. The third-order valence-electron chi connectivity index (χ3n) is 6.62. The molecular formula is C31H25N5O6. The number of carbonyl (C=O) groups excluding carboxylic acids is 4. The zero-order valence-corrected chi connectivity index (χ0v) is 22.1. The first kappa shape index (κ1) is 27.8. The van der Waals surface area contributed by atoms with Crippen LogP contribution in [0.4, 0.5) is 5.69 Å². The second kappa shape index (κ2) is 12.2. The van der Waals surface area contributed by atoms with E-state index in [-0.39, 0.29) is 5.69 Å². The molecule has 0 bridgehead atoms. The highest BCUT2D eigenvalue weighted by molar-refractivity contribution is 6.21. The van der Waals surface area contributed by atoms with Crippen molar-refractivity contribution in [3.05, 3.63) is 108 Å². The minimum atomic E-state index is -1.45. The number of hydrogen-bond donors (Lipinski definition) is 3. The number of aliphatic imine (C=N–C) groups is 1. The van der Waals surface area contributed by atoms with Gasteiger partial charge in [0, 0.05) is 22.7 Å². The summed E-state index contributed by atoms with van der Waals surface area (Å²) >= 11 is 0. The standard InChI is InChI=1S/C31H25N5O6/c37-18-21(16-26(39)40)33-25(38)17-36-24-13-7-6-12-23(24)27(20-9-2-1-3-10-20)34-29(31(36)42)35-30(41)28-22-11-5-4-8-19(22)14-15-32-28/h1-15,18,21,29H,16-17H2,(H,33,38)(H,35,41)(H,39,40)/t21-,29?/m0/s1. The van der Waals surface area contributed by atoms with Crippen LogP contribution >= 0.6 is 0 Å². The number of carboxylic acids is 1. The van der Waals surface area contributed by atoms with E-state index in [9.17, 15) is 24.0 Å². The monoisotopic (exact) mass is 563 g/mol. The average molecular weight is 564 g/mol. The first-order valence-corrected chi connectivity index (χ1v) is 13.0. The van der Waals surface area contributed by atoms with Crippen molar-refractivity contribution < 1.29 is 29.1 Å². The molecule has 3 N–H and O–H groups in total. The summed E-state index contributed by atoms with van der Waals surface area (Å²) in [6, 6.07) is 23.6. The first-order valence-electron chi connectivity index (χ1n) is 13.0. The van der Waals surface area contributed by atoms with Crippen molar-refractivity contribution in [3.63, 3.8) is 0 Å². The maximum absolute atomic E-state index is 14.0. The van der Waals surface area contributed by atoms with Gasteiger partial charge in [-0.15, -0.1) is 0 Å². The van der Waals surface area contributed by atoms with Crippen LogP contribution in [0.2, 0.25) is 0 Å². The lowest BCUT2D eigenvalue weighted by Gasteiger charge is -2.25. The number of carbonyl (C=O) groups is 5. The zero-order chi connectivity index (χ0) is 29.6. The number of anilines is 1. The van der Waals surface area contributed by atoms with Crippen LogP contribution in [0.15, 0.2) is 96.1 Å². The molecule has 3 amide bonds. The van der Waals surface area contributed by atoms with Crippen molar-refractivity contribution >= 4 is 52.1 Å². The van der Waals surface area contributed by atoms with E-state index in [1.54, 1.807) is 42.5 Å². The van der Waals surface area contributed by atoms with Crippen LogP contribution in [-0.2, 0) is 19.2 Å². The Morgan fingerprint density at radius 2 is 1.67 bits per heavy atom. The molecule has 5 rings (SSSR count). The lowest BCUT2D eigenvalue weighted by atomic mass is 10.0. The fourth-order valence-corrected chi connectivity index (χ4v) is 4.72. The van der Waals surface area contributed by atoms with E-state index in [1.165, 1.54) is 6.20 Å². The summed E-state index contributed by atoms with van der Waals surface area (Å²) in [5.74, 6) is -3.38. The van der Waals surface area contributed by atoms with E-state index in [0.717, 1.165) is 10.3 Å². The minimum Gasteiger partial charge on any atom is -0.481 e. The number of fused-ring (bicyclic) bond motifs is 2. The number of aromatic nitrogens is 1. The fraction of sp³-hybridized carbons (Fsp3) is 0.129. The van der Waals surface area contributed by atoms with Crippen LogP contribution in [0, 0.1) is 0 Å². The fourth-order valence-electron chi connectivity index (χ4n) is 4.72. The number of aliphatic carboxylic acids is 1. The number of aldehydes is 1. The molecule has 4 aromatic rings. The Labute approximate surface area is 239 Å². The molecule has 210 valence electrons. The Hall–Kier alpha value is -5.71. The summed E-state index contributed by atoms with van der Waals surface area (Å²) in [6.45, 7) is -0.559. The molecule has 2 heterocycles. The number of para-hydroxylation sites is 1. The van der Waals surface area contributed by atoms with E-state index >= 15 is 0 Å². The van der Waals surface area contributed by atoms with Crippen molar-refractivity contribution in [3.8, 4) is 0 Å². The summed E-state index contributed by atoms with van der Waals surface area (Å²) in [6.07, 6.45) is -0.244. The molecule has 0 spiro atoms. The average Bonchev–Trinajstić information content (AvgIpc) is 3.11. The SMILES string of the molecule is O=C[C@H](CC(=O)O)NC(=O)CN1C(=O)C(NC(=O)c2nccc3ccccc23)N=C(c2ccccc2)c2ccccc21. The summed E-state index contributed by atoms with van der Waals surface area (Å²) in [4.78, 5) is 73.1. The summed E-state index contributed by atoms with van der Waals surface area (Å²) in [5, 5.41) is 15.4. The summed E-state index contributed by atoms with van der Waals surface area (Å²) < 4.78 is 0. The number of hydrogen-bond acceptors (Lipinski definition) is 7. The second-order valence-corrected chi connectivity index (χ2v) is 9.45. The molecule has 1 aromatic heterocycles. The van der Waals surface area contributed by atoms with Crippen molar-refractivity contribution in [1.29, 1.82) is 0 Å². The highest BCUT2D eigenvalue weighted by Crippen LogP contribution is 2.28. The van der Waals surface area contributed by atoms with Crippen molar-refractivity contribution in [2.24, 2.45) is 4.99 Å².